The van der Waals surface area contributed by atoms with Crippen LogP contribution in [0, 0.1) is 0 Å². The molecule has 0 aliphatic heterocycles. The quantitative estimate of drug-likeness (QED) is 0.339. The van der Waals surface area contributed by atoms with Gasteiger partial charge in [-0.1, -0.05) is 47.5 Å². The van der Waals surface area contributed by atoms with Crippen LogP contribution in [-0.2, 0) is 0 Å². The highest BCUT2D eigenvalue weighted by atomic mass is 35.5. The minimum absolute atomic E-state index is 0.619. The number of anilines is 1. The number of nitrogens with zero attached hydrogens (tertiary/aromatic N) is 3. The summed E-state index contributed by atoms with van der Waals surface area (Å²) >= 11 is 11.9. The minimum atomic E-state index is 0.619. The van der Waals surface area contributed by atoms with Crippen molar-refractivity contribution in [3.05, 3.63) is 88.5 Å². The lowest BCUT2D eigenvalue weighted by molar-refractivity contribution is 1.23. The highest BCUT2D eigenvalue weighted by molar-refractivity contribution is 6.30. The van der Waals surface area contributed by atoms with Gasteiger partial charge >= 0.3 is 0 Å². The van der Waals surface area contributed by atoms with Crippen molar-refractivity contribution < 1.29 is 0 Å². The number of hydrazone groups is 1. The van der Waals surface area contributed by atoms with E-state index in [1.54, 1.807) is 12.4 Å². The van der Waals surface area contributed by atoms with Crippen LogP contribution >= 0.6 is 23.2 Å². The van der Waals surface area contributed by atoms with Gasteiger partial charge in [0.25, 0.3) is 0 Å². The Morgan fingerprint density at radius 1 is 0.889 bits per heavy atom. The summed E-state index contributed by atoms with van der Waals surface area (Å²) in [6.07, 6.45) is 3.43. The first kappa shape index (κ1) is 17.5. The Balaban J connectivity index is 1.72. The average Bonchev–Trinajstić information content (AvgIpc) is 2.70. The number of hydrogen-bond donors (Lipinski definition) is 1. The van der Waals surface area contributed by atoms with Crippen molar-refractivity contribution in [2.45, 2.75) is 0 Å². The molecule has 2 aromatic heterocycles. The molecular weight excluding hydrogens is 379 g/mol. The van der Waals surface area contributed by atoms with Crippen LogP contribution in [0.4, 0.5) is 5.82 Å². The predicted molar refractivity (Wildman–Crippen MR) is 113 cm³/mol. The summed E-state index contributed by atoms with van der Waals surface area (Å²) in [6.45, 7) is 0. The smallest absolute Gasteiger partial charge is 0.161 e. The Morgan fingerprint density at radius 3 is 2.33 bits per heavy atom. The number of hydrogen-bond acceptors (Lipinski definition) is 4. The average molecular weight is 393 g/mol. The van der Waals surface area contributed by atoms with E-state index in [2.05, 4.69) is 20.5 Å². The van der Waals surface area contributed by atoms with Crippen molar-refractivity contribution in [1.29, 1.82) is 0 Å². The van der Waals surface area contributed by atoms with E-state index in [0.717, 1.165) is 22.1 Å². The molecule has 0 amide bonds. The molecule has 0 fully saturated rings. The van der Waals surface area contributed by atoms with E-state index in [9.17, 15) is 0 Å². The summed E-state index contributed by atoms with van der Waals surface area (Å²) in [7, 11) is 0. The highest BCUT2D eigenvalue weighted by Crippen LogP contribution is 2.30. The third-order valence-corrected chi connectivity index (χ3v) is 4.50. The predicted octanol–water partition coefficient (Wildman–Crippen LogP) is 6.05. The maximum absolute atomic E-state index is 6.02. The van der Waals surface area contributed by atoms with Crippen molar-refractivity contribution in [3.63, 3.8) is 0 Å². The van der Waals surface area contributed by atoms with Gasteiger partial charge in [-0.25, -0.2) is 9.97 Å². The van der Waals surface area contributed by atoms with E-state index in [-0.39, 0.29) is 0 Å². The molecule has 2 heterocycles. The molecule has 0 spiro atoms. The van der Waals surface area contributed by atoms with Gasteiger partial charge in [0.2, 0.25) is 0 Å². The maximum Gasteiger partial charge on any atom is 0.161 e. The van der Waals surface area contributed by atoms with Gasteiger partial charge in [0, 0.05) is 27.2 Å². The number of aromatic nitrogens is 2. The second-order valence-corrected chi connectivity index (χ2v) is 6.74. The number of benzene rings is 2. The van der Waals surface area contributed by atoms with Gasteiger partial charge < -0.3 is 0 Å². The van der Waals surface area contributed by atoms with Crippen molar-refractivity contribution in [3.8, 4) is 11.1 Å². The van der Waals surface area contributed by atoms with Gasteiger partial charge in [-0.05, 0) is 53.6 Å². The molecule has 132 valence electrons. The van der Waals surface area contributed by atoms with Crippen LogP contribution in [-0.4, -0.2) is 16.2 Å². The first-order chi connectivity index (χ1) is 13.2. The van der Waals surface area contributed by atoms with E-state index >= 15 is 0 Å². The summed E-state index contributed by atoms with van der Waals surface area (Å²) in [5.41, 5.74) is 6.52. The van der Waals surface area contributed by atoms with Gasteiger partial charge in [-0.2, -0.15) is 5.10 Å². The van der Waals surface area contributed by atoms with Crippen LogP contribution in [0.15, 0.2) is 78.0 Å². The van der Waals surface area contributed by atoms with E-state index in [1.807, 2.05) is 66.7 Å². The molecule has 6 heteroatoms. The molecule has 2 aromatic carbocycles. The maximum atomic E-state index is 6.02. The van der Waals surface area contributed by atoms with E-state index in [4.69, 9.17) is 23.2 Å². The molecule has 1 N–H and O–H groups in total. The first-order valence-corrected chi connectivity index (χ1v) is 9.01. The van der Waals surface area contributed by atoms with Crippen molar-refractivity contribution in [1.82, 2.24) is 9.97 Å². The molecule has 4 aromatic rings. The molecule has 0 unspecified atom stereocenters. The summed E-state index contributed by atoms with van der Waals surface area (Å²) in [5.74, 6) is 0.619. The summed E-state index contributed by atoms with van der Waals surface area (Å²) in [5, 5.41) is 6.64. The zero-order valence-corrected chi connectivity index (χ0v) is 15.6. The fourth-order valence-corrected chi connectivity index (χ4v) is 2.91. The highest BCUT2D eigenvalue weighted by Gasteiger charge is 2.09. The normalized spacial score (nSPS) is 11.2. The molecule has 0 aliphatic carbocycles. The molecule has 0 bridgehead atoms. The lowest BCUT2D eigenvalue weighted by atomic mass is 10.1. The molecule has 0 atom stereocenters. The largest absolute Gasteiger partial charge is 0.261 e. The third-order valence-electron chi connectivity index (χ3n) is 4.00. The zero-order chi connectivity index (χ0) is 18.6. The Hall–Kier alpha value is -2.95. The summed E-state index contributed by atoms with van der Waals surface area (Å²) < 4.78 is 0. The third kappa shape index (κ3) is 4.08. The summed E-state index contributed by atoms with van der Waals surface area (Å²) in [6, 6.07) is 20.9. The van der Waals surface area contributed by atoms with Crippen LogP contribution in [0.2, 0.25) is 10.0 Å². The fraction of sp³-hybridized carbons (Fsp3) is 0. The van der Waals surface area contributed by atoms with Crippen LogP contribution in [0.3, 0.4) is 0 Å². The Bertz CT molecular complexity index is 1110. The Morgan fingerprint density at radius 2 is 1.59 bits per heavy atom. The molecule has 4 rings (SSSR count). The standard InChI is InChI=1S/C21H14Cl2N4/c22-17-7-3-14(4-8-17)13-25-27-21-19(15-5-9-18(23)10-6-15)12-16-2-1-11-24-20(16)26-21/h1-13H,(H,24,26,27)/b25-13+. The molecule has 0 saturated carbocycles. The van der Waals surface area contributed by atoms with Crippen LogP contribution in [0.5, 0.6) is 0 Å². The first-order valence-electron chi connectivity index (χ1n) is 8.25. The van der Waals surface area contributed by atoms with Crippen LogP contribution < -0.4 is 5.43 Å². The Labute approximate surface area is 166 Å². The Kier molecular flexibility index (Phi) is 5.01. The number of pyridine rings is 2. The lowest BCUT2D eigenvalue weighted by Crippen LogP contribution is -1.98. The molecular formula is C21H14Cl2N4. The van der Waals surface area contributed by atoms with E-state index < -0.39 is 0 Å². The van der Waals surface area contributed by atoms with Crippen molar-refractivity contribution in [2.24, 2.45) is 5.10 Å². The van der Waals surface area contributed by atoms with Crippen molar-refractivity contribution >= 4 is 46.3 Å². The van der Waals surface area contributed by atoms with Crippen LogP contribution in [0.1, 0.15) is 5.56 Å². The number of rotatable bonds is 4. The topological polar surface area (TPSA) is 50.2 Å². The lowest BCUT2D eigenvalue weighted by Gasteiger charge is -2.10. The monoisotopic (exact) mass is 392 g/mol. The van der Waals surface area contributed by atoms with Gasteiger partial charge in [-0.3, -0.25) is 5.43 Å². The van der Waals surface area contributed by atoms with Gasteiger partial charge in [0.05, 0.1) is 6.21 Å². The van der Waals surface area contributed by atoms with Crippen LogP contribution in [0.25, 0.3) is 22.2 Å². The number of nitrogens with one attached hydrogen (secondary N) is 1. The number of halogens is 2. The molecule has 4 nitrogen and oxygen atoms in total. The molecule has 27 heavy (non-hydrogen) atoms. The zero-order valence-electron chi connectivity index (χ0n) is 14.1. The van der Waals surface area contributed by atoms with Gasteiger partial charge in [0.1, 0.15) is 0 Å². The van der Waals surface area contributed by atoms with E-state index in [0.29, 0.717) is 21.5 Å². The van der Waals surface area contributed by atoms with Gasteiger partial charge in [-0.15, -0.1) is 0 Å². The number of fused-ring (bicyclic) bond motifs is 1. The molecule has 0 aliphatic rings. The molecule has 0 saturated heterocycles. The second-order valence-electron chi connectivity index (χ2n) is 5.86. The fourth-order valence-electron chi connectivity index (χ4n) is 2.66. The van der Waals surface area contributed by atoms with E-state index in [1.165, 1.54) is 0 Å². The van der Waals surface area contributed by atoms with Crippen molar-refractivity contribution in [2.75, 3.05) is 5.43 Å². The SMILES string of the molecule is Clc1ccc(/C=N/Nc2nc3ncccc3cc2-c2ccc(Cl)cc2)cc1. The molecule has 0 radical (unpaired) electrons. The summed E-state index contributed by atoms with van der Waals surface area (Å²) in [4.78, 5) is 8.96. The second kappa shape index (κ2) is 7.74. The minimum Gasteiger partial charge on any atom is -0.261 e. The van der Waals surface area contributed by atoms with Gasteiger partial charge in [0.15, 0.2) is 11.5 Å².